The quantitative estimate of drug-likeness (QED) is 0.540. The van der Waals surface area contributed by atoms with Crippen molar-refractivity contribution in [3.8, 4) is 5.75 Å². The number of fused-ring (bicyclic) bond motifs is 1. The maximum Gasteiger partial charge on any atom is 0.227 e. The lowest BCUT2D eigenvalue weighted by molar-refractivity contribution is -0.133. The number of amides is 1. The predicted molar refractivity (Wildman–Crippen MR) is 129 cm³/mol. The first-order valence-electron chi connectivity index (χ1n) is 10.2. The van der Waals surface area contributed by atoms with E-state index >= 15 is 0 Å². The third-order valence-corrected chi connectivity index (χ3v) is 6.97. The number of rotatable bonds is 5. The van der Waals surface area contributed by atoms with Crippen molar-refractivity contribution in [3.63, 3.8) is 0 Å². The average Bonchev–Trinajstić information content (AvgIpc) is 3.29. The molecule has 31 heavy (non-hydrogen) atoms. The Kier molecular flexibility index (Phi) is 7.92. The lowest BCUT2D eigenvalue weighted by Gasteiger charge is -2.43. The smallest absolute Gasteiger partial charge is 0.227 e. The van der Waals surface area contributed by atoms with Gasteiger partial charge in [-0.15, -0.1) is 12.4 Å². The van der Waals surface area contributed by atoms with Crippen LogP contribution in [0.2, 0.25) is 10.0 Å². The van der Waals surface area contributed by atoms with Gasteiger partial charge in [0.15, 0.2) is 0 Å². The molecular formula is C24H27Cl3N2O2. The third kappa shape index (κ3) is 4.88. The Labute approximate surface area is 200 Å². The molecule has 1 amide bonds. The van der Waals surface area contributed by atoms with Gasteiger partial charge in [0.05, 0.1) is 29.6 Å². The van der Waals surface area contributed by atoms with Crippen LogP contribution in [0, 0.1) is 0 Å². The van der Waals surface area contributed by atoms with E-state index in [2.05, 4.69) is 23.1 Å². The molecule has 4 rings (SSSR count). The van der Waals surface area contributed by atoms with Gasteiger partial charge >= 0.3 is 0 Å². The van der Waals surface area contributed by atoms with Gasteiger partial charge in [-0.25, -0.2) is 0 Å². The Hall–Kier alpha value is -1.72. The van der Waals surface area contributed by atoms with Crippen molar-refractivity contribution in [2.24, 2.45) is 0 Å². The molecule has 0 saturated heterocycles. The van der Waals surface area contributed by atoms with Crippen LogP contribution in [0.15, 0.2) is 48.6 Å². The maximum atomic E-state index is 13.3. The second-order valence-corrected chi connectivity index (χ2v) is 8.75. The first-order valence-corrected chi connectivity index (χ1v) is 11.0. The highest BCUT2D eigenvalue weighted by atomic mass is 35.5. The molecule has 0 N–H and O–H groups in total. The molecule has 0 fully saturated rings. The molecule has 1 heterocycles. The zero-order chi connectivity index (χ0) is 21.3. The molecule has 4 nitrogen and oxygen atoms in total. The molecule has 0 radical (unpaired) electrons. The van der Waals surface area contributed by atoms with Crippen LogP contribution in [-0.2, 0) is 17.6 Å². The van der Waals surface area contributed by atoms with E-state index in [0.29, 0.717) is 10.0 Å². The van der Waals surface area contributed by atoms with Gasteiger partial charge in [0.2, 0.25) is 5.91 Å². The summed E-state index contributed by atoms with van der Waals surface area (Å²) in [6.45, 7) is 1.85. The molecule has 166 valence electrons. The van der Waals surface area contributed by atoms with Crippen molar-refractivity contribution in [2.45, 2.75) is 31.3 Å². The van der Waals surface area contributed by atoms with Gasteiger partial charge in [-0.05, 0) is 47.7 Å². The van der Waals surface area contributed by atoms with Crippen LogP contribution in [0.25, 0.3) is 0 Å². The molecule has 0 unspecified atom stereocenters. The fraction of sp³-hybridized carbons (Fsp3) is 0.375. The van der Waals surface area contributed by atoms with E-state index in [1.165, 1.54) is 11.1 Å². The Morgan fingerprint density at radius 2 is 1.90 bits per heavy atom. The molecule has 0 spiro atoms. The molecule has 7 heteroatoms. The average molecular weight is 482 g/mol. The molecule has 0 aromatic heterocycles. The number of carbonyl (C=O) groups excluding carboxylic acids is 1. The lowest BCUT2D eigenvalue weighted by atomic mass is 9.81. The Bertz CT molecular complexity index is 971. The second kappa shape index (κ2) is 10.3. The Morgan fingerprint density at radius 3 is 2.58 bits per heavy atom. The van der Waals surface area contributed by atoms with Gasteiger partial charge in [-0.1, -0.05) is 53.6 Å². The van der Waals surface area contributed by atoms with Crippen LogP contribution in [0.3, 0.4) is 0 Å². The molecular weight excluding hydrogens is 455 g/mol. The highest BCUT2D eigenvalue weighted by Gasteiger charge is 2.38. The summed E-state index contributed by atoms with van der Waals surface area (Å²) in [4.78, 5) is 17.7. The van der Waals surface area contributed by atoms with Crippen molar-refractivity contribution in [1.29, 1.82) is 0 Å². The molecule has 0 saturated carbocycles. The summed E-state index contributed by atoms with van der Waals surface area (Å²) in [5.41, 5.74) is 3.26. The van der Waals surface area contributed by atoms with E-state index in [0.717, 1.165) is 37.2 Å². The summed E-state index contributed by atoms with van der Waals surface area (Å²) in [6.07, 6.45) is 6.63. The van der Waals surface area contributed by atoms with Gasteiger partial charge in [0.1, 0.15) is 5.75 Å². The Morgan fingerprint density at radius 1 is 1.16 bits per heavy atom. The predicted octanol–water partition coefficient (Wildman–Crippen LogP) is 5.35. The van der Waals surface area contributed by atoms with E-state index in [9.17, 15) is 4.79 Å². The third-order valence-electron chi connectivity index (χ3n) is 6.23. The topological polar surface area (TPSA) is 32.8 Å². The highest BCUT2D eigenvalue weighted by molar-refractivity contribution is 6.42. The normalized spacial score (nSPS) is 20.1. The SMILES string of the molecule is COc1cccc2c1CC[C@@H](N1CC=CC1)[C@@H]2N(C)C(=O)Cc1ccc(Cl)c(Cl)c1.Cl. The monoisotopic (exact) mass is 480 g/mol. The molecule has 2 aromatic rings. The zero-order valence-electron chi connectivity index (χ0n) is 17.7. The van der Waals surface area contributed by atoms with E-state index < -0.39 is 0 Å². The summed E-state index contributed by atoms with van der Waals surface area (Å²) in [7, 11) is 3.62. The van der Waals surface area contributed by atoms with Crippen molar-refractivity contribution in [3.05, 3.63) is 75.3 Å². The number of hydrogen-bond donors (Lipinski definition) is 0. The zero-order valence-corrected chi connectivity index (χ0v) is 20.0. The number of halogens is 3. The van der Waals surface area contributed by atoms with Crippen LogP contribution >= 0.6 is 35.6 Å². The highest BCUT2D eigenvalue weighted by Crippen LogP contribution is 2.41. The largest absolute Gasteiger partial charge is 0.496 e. The van der Waals surface area contributed by atoms with Crippen molar-refractivity contribution >= 4 is 41.5 Å². The van der Waals surface area contributed by atoms with E-state index in [4.69, 9.17) is 27.9 Å². The number of methoxy groups -OCH3 is 1. The van der Waals surface area contributed by atoms with Crippen molar-refractivity contribution in [2.75, 3.05) is 27.2 Å². The maximum absolute atomic E-state index is 13.3. The van der Waals surface area contributed by atoms with Gasteiger partial charge in [0, 0.05) is 26.2 Å². The van der Waals surface area contributed by atoms with Crippen LogP contribution < -0.4 is 4.74 Å². The summed E-state index contributed by atoms with van der Waals surface area (Å²) in [6, 6.07) is 11.8. The van der Waals surface area contributed by atoms with Gasteiger partial charge in [-0.2, -0.15) is 0 Å². The minimum Gasteiger partial charge on any atom is -0.496 e. The van der Waals surface area contributed by atoms with Crippen LogP contribution in [0.5, 0.6) is 5.75 Å². The van der Waals surface area contributed by atoms with Crippen molar-refractivity contribution in [1.82, 2.24) is 9.80 Å². The summed E-state index contributed by atoms with van der Waals surface area (Å²) >= 11 is 12.2. The number of likely N-dealkylation sites (N-methyl/N-ethyl adjacent to an activating group) is 1. The summed E-state index contributed by atoms with van der Waals surface area (Å²) in [5, 5.41) is 0.967. The molecule has 2 aromatic carbocycles. The number of benzene rings is 2. The van der Waals surface area contributed by atoms with Crippen LogP contribution in [0.1, 0.15) is 29.2 Å². The molecule has 0 bridgehead atoms. The van der Waals surface area contributed by atoms with E-state index in [1.54, 1.807) is 19.2 Å². The van der Waals surface area contributed by atoms with Gasteiger partial charge < -0.3 is 9.64 Å². The second-order valence-electron chi connectivity index (χ2n) is 7.93. The number of hydrogen-bond acceptors (Lipinski definition) is 3. The fourth-order valence-corrected chi connectivity index (χ4v) is 5.01. The number of ether oxygens (including phenoxy) is 1. The first kappa shape index (κ1) is 23.9. The molecule has 2 atom stereocenters. The lowest BCUT2D eigenvalue weighted by Crippen LogP contribution is -2.49. The number of nitrogens with zero attached hydrogens (tertiary/aromatic N) is 2. The van der Waals surface area contributed by atoms with Gasteiger partial charge in [-0.3, -0.25) is 9.69 Å². The molecule has 1 aliphatic carbocycles. The minimum absolute atomic E-state index is 0. The summed E-state index contributed by atoms with van der Waals surface area (Å²) < 4.78 is 5.63. The van der Waals surface area contributed by atoms with Gasteiger partial charge in [0.25, 0.3) is 0 Å². The molecule has 1 aliphatic heterocycles. The molecule has 2 aliphatic rings. The Balaban J connectivity index is 0.00000272. The van der Waals surface area contributed by atoms with E-state index in [-0.39, 0.29) is 36.8 Å². The van der Waals surface area contributed by atoms with Crippen LogP contribution in [0.4, 0.5) is 0 Å². The number of carbonyl (C=O) groups is 1. The van der Waals surface area contributed by atoms with Crippen LogP contribution in [-0.4, -0.2) is 49.0 Å². The first-order chi connectivity index (χ1) is 14.5. The minimum atomic E-state index is -0.0287. The standard InChI is InChI=1S/C24H26Cl2N2O2.ClH/c1-27(23(29)15-16-8-10-19(25)20(26)14-16)24-18-6-5-7-22(30-2)17(18)9-11-21(24)28-12-3-4-13-28;/h3-8,10,14,21,24H,9,11-13,15H2,1-2H3;1H/t21-,24-;/m1./s1. The van der Waals surface area contributed by atoms with Crippen molar-refractivity contribution < 1.29 is 9.53 Å². The summed E-state index contributed by atoms with van der Waals surface area (Å²) in [5.74, 6) is 0.965. The van der Waals surface area contributed by atoms with E-state index in [1.807, 2.05) is 30.1 Å². The fourth-order valence-electron chi connectivity index (χ4n) is 4.69.